The minimum atomic E-state index is -4.81. The van der Waals surface area contributed by atoms with E-state index in [0.29, 0.717) is 5.57 Å². The van der Waals surface area contributed by atoms with Crippen molar-refractivity contribution >= 4 is 21.8 Å². The highest BCUT2D eigenvalue weighted by atomic mass is 32.2. The van der Waals surface area contributed by atoms with E-state index in [1.165, 1.54) is 54.3 Å². The Morgan fingerprint density at radius 1 is 0.977 bits per heavy atom. The van der Waals surface area contributed by atoms with Crippen LogP contribution < -0.4 is 10.6 Å². The number of hydrogen-bond donors (Lipinski definition) is 2. The molecule has 0 radical (unpaired) electrons. The predicted octanol–water partition coefficient (Wildman–Crippen LogP) is 4.97. The Bertz CT molecular complexity index is 1470. The maximum atomic E-state index is 14.7. The maximum absolute atomic E-state index is 14.7. The Kier molecular flexibility index (Phi) is 9.55. The number of allylic oxidation sites excluding steroid dienone is 6. The Morgan fingerprint density at radius 2 is 1.67 bits per heavy atom. The van der Waals surface area contributed by atoms with Crippen molar-refractivity contribution in [3.05, 3.63) is 82.1 Å². The first-order valence-electron chi connectivity index (χ1n) is 13.9. The van der Waals surface area contributed by atoms with Gasteiger partial charge in [-0.05, 0) is 54.5 Å². The van der Waals surface area contributed by atoms with Gasteiger partial charge in [-0.1, -0.05) is 42.5 Å². The summed E-state index contributed by atoms with van der Waals surface area (Å²) in [6.45, 7) is 1.49. The third kappa shape index (κ3) is 6.14. The molecule has 0 spiro atoms. The molecule has 0 bridgehead atoms. The zero-order valence-electron chi connectivity index (χ0n) is 24.0. The molecule has 2 N–H and O–H groups in total. The number of nitrogens with zero attached hydrogens (tertiary/aromatic N) is 1. The number of rotatable bonds is 9. The van der Waals surface area contributed by atoms with Gasteiger partial charge in [0.25, 0.3) is 0 Å². The molecule has 1 aromatic rings. The number of alkyl halides is 3. The minimum Gasteiger partial charge on any atom is -0.360 e. The van der Waals surface area contributed by atoms with Crippen molar-refractivity contribution in [2.75, 3.05) is 33.3 Å². The molecule has 8 nitrogen and oxygen atoms in total. The summed E-state index contributed by atoms with van der Waals surface area (Å²) in [5.74, 6) is -0.716. The van der Waals surface area contributed by atoms with E-state index in [0.717, 1.165) is 13.2 Å². The van der Waals surface area contributed by atoms with Crippen molar-refractivity contribution in [3.8, 4) is 0 Å². The molecule has 1 heterocycles. The number of likely N-dealkylation sites (tertiary alicyclic amines) is 1. The second kappa shape index (κ2) is 12.7. The van der Waals surface area contributed by atoms with E-state index >= 15 is 0 Å². The van der Waals surface area contributed by atoms with Crippen LogP contribution in [0.1, 0.15) is 44.6 Å². The van der Waals surface area contributed by atoms with Gasteiger partial charge < -0.3 is 20.3 Å². The summed E-state index contributed by atoms with van der Waals surface area (Å²) in [6.07, 6.45) is -0.0681. The lowest BCUT2D eigenvalue weighted by Crippen LogP contribution is -2.49. The van der Waals surface area contributed by atoms with E-state index < -0.39 is 38.2 Å². The van der Waals surface area contributed by atoms with E-state index in [2.05, 4.69) is 10.6 Å². The standard InChI is InChI=1S/C30H35F4N3O5S/c1-21(38)35-17-18-36-27(39)37-19-16-28(20-37,43(40,41)26-14-12-25(31)13-15-26)22-8-10-24(11-9-22)29(42-2,30(32,33)34)23-6-4-3-5-7-23/h3-8,10,12,14H,9,11,13,15-20H2,1-2H3,(H,35,38)(H,36,39). The summed E-state index contributed by atoms with van der Waals surface area (Å²) in [4.78, 5) is 25.4. The van der Waals surface area contributed by atoms with Gasteiger partial charge in [-0.15, -0.1) is 0 Å². The second-order valence-corrected chi connectivity index (χ2v) is 13.1. The number of nitrogens with one attached hydrogen (secondary N) is 2. The van der Waals surface area contributed by atoms with Crippen molar-refractivity contribution in [2.45, 2.75) is 55.6 Å². The fourth-order valence-electron chi connectivity index (χ4n) is 6.08. The van der Waals surface area contributed by atoms with E-state index in [1.54, 1.807) is 6.07 Å². The molecule has 3 amide bonds. The summed E-state index contributed by atoms with van der Waals surface area (Å²) in [5, 5.41) is 5.21. The van der Waals surface area contributed by atoms with Crippen LogP contribution in [-0.2, 0) is 25.0 Å². The summed E-state index contributed by atoms with van der Waals surface area (Å²) < 4.78 is 89.9. The molecule has 13 heteroatoms. The highest BCUT2D eigenvalue weighted by Gasteiger charge is 2.60. The monoisotopic (exact) mass is 625 g/mol. The molecule has 2 atom stereocenters. The highest BCUT2D eigenvalue weighted by molar-refractivity contribution is 7.96. The minimum absolute atomic E-state index is 0.0143. The summed E-state index contributed by atoms with van der Waals surface area (Å²) >= 11 is 0. The molecule has 1 aromatic carbocycles. The van der Waals surface area contributed by atoms with E-state index in [1.807, 2.05) is 0 Å². The van der Waals surface area contributed by atoms with Crippen molar-refractivity contribution in [3.63, 3.8) is 0 Å². The van der Waals surface area contributed by atoms with Crippen LogP contribution in [0.4, 0.5) is 22.4 Å². The molecule has 1 aliphatic heterocycles. The Labute approximate surface area is 248 Å². The van der Waals surface area contributed by atoms with Crippen molar-refractivity contribution in [2.24, 2.45) is 0 Å². The Hall–Kier alpha value is -3.45. The first kappa shape index (κ1) is 32.5. The molecular weight excluding hydrogens is 590 g/mol. The number of benzene rings is 1. The van der Waals surface area contributed by atoms with Crippen LogP contribution in [0.15, 0.2) is 76.5 Å². The van der Waals surface area contributed by atoms with Crippen LogP contribution in [-0.4, -0.2) is 69.5 Å². The Morgan fingerprint density at radius 3 is 2.23 bits per heavy atom. The molecule has 1 fully saturated rings. The molecule has 43 heavy (non-hydrogen) atoms. The van der Waals surface area contributed by atoms with Crippen molar-refractivity contribution in [1.29, 1.82) is 0 Å². The van der Waals surface area contributed by atoms with Gasteiger partial charge >= 0.3 is 12.2 Å². The van der Waals surface area contributed by atoms with Crippen LogP contribution in [0.5, 0.6) is 0 Å². The number of amides is 3. The first-order valence-corrected chi connectivity index (χ1v) is 15.4. The molecule has 0 saturated carbocycles. The van der Waals surface area contributed by atoms with Crippen LogP contribution in [0.3, 0.4) is 0 Å². The van der Waals surface area contributed by atoms with Crippen molar-refractivity contribution in [1.82, 2.24) is 15.5 Å². The highest BCUT2D eigenvalue weighted by Crippen LogP contribution is 2.52. The zero-order chi connectivity index (χ0) is 31.5. The third-order valence-corrected chi connectivity index (χ3v) is 10.9. The van der Waals surface area contributed by atoms with E-state index in [4.69, 9.17) is 4.74 Å². The first-order chi connectivity index (χ1) is 20.3. The largest absolute Gasteiger partial charge is 0.425 e. The van der Waals surface area contributed by atoms with Gasteiger partial charge in [-0.25, -0.2) is 17.6 Å². The summed E-state index contributed by atoms with van der Waals surface area (Å²) in [5.41, 5.74) is -2.52. The van der Waals surface area contributed by atoms with Gasteiger partial charge in [-0.3, -0.25) is 4.79 Å². The van der Waals surface area contributed by atoms with Gasteiger partial charge in [0.05, 0.1) is 0 Å². The number of ether oxygens (including phenoxy) is 1. The number of sulfone groups is 1. The van der Waals surface area contributed by atoms with Gasteiger partial charge in [0.2, 0.25) is 11.5 Å². The number of methoxy groups -OCH3 is 1. The fourth-order valence-corrected chi connectivity index (χ4v) is 8.40. The van der Waals surface area contributed by atoms with Crippen LogP contribution in [0, 0.1) is 0 Å². The molecular formula is C30H35F4N3O5S. The average Bonchev–Trinajstić information content (AvgIpc) is 3.44. The number of halogens is 4. The van der Waals surface area contributed by atoms with Crippen LogP contribution >= 0.6 is 0 Å². The molecule has 1 saturated heterocycles. The van der Waals surface area contributed by atoms with E-state index in [9.17, 15) is 35.6 Å². The number of hydrogen-bond acceptors (Lipinski definition) is 5. The molecule has 234 valence electrons. The summed E-state index contributed by atoms with van der Waals surface area (Å²) in [6, 6.07) is 6.73. The average molecular weight is 626 g/mol. The predicted molar refractivity (Wildman–Crippen MR) is 153 cm³/mol. The number of carbonyl (C=O) groups is 2. The van der Waals surface area contributed by atoms with Crippen LogP contribution in [0.2, 0.25) is 0 Å². The van der Waals surface area contributed by atoms with Crippen molar-refractivity contribution < 1.29 is 40.3 Å². The molecule has 0 aromatic heterocycles. The number of carbonyl (C=O) groups excluding carboxylic acids is 2. The molecule has 4 rings (SSSR count). The molecule has 3 aliphatic rings. The lowest BCUT2D eigenvalue weighted by molar-refractivity contribution is -0.261. The number of urea groups is 1. The SMILES string of the molecule is COC(C1=CC=C(C2(S(=O)(=O)C3=CC=C(F)CC3)CCN(C(=O)NCCNC(C)=O)C2)CC1)(c1ccccc1)C(F)(F)F. The quantitative estimate of drug-likeness (QED) is 0.298. The second-order valence-electron chi connectivity index (χ2n) is 10.8. The molecule has 2 unspecified atom stereocenters. The van der Waals surface area contributed by atoms with Gasteiger partial charge in [0.1, 0.15) is 10.6 Å². The summed E-state index contributed by atoms with van der Waals surface area (Å²) in [7, 11) is -3.17. The topological polar surface area (TPSA) is 105 Å². The van der Waals surface area contributed by atoms with Gasteiger partial charge in [-0.2, -0.15) is 13.2 Å². The zero-order valence-corrected chi connectivity index (χ0v) is 24.8. The third-order valence-electron chi connectivity index (χ3n) is 8.29. The Balaban J connectivity index is 1.74. The fraction of sp³-hybridized carbons (Fsp3) is 0.467. The van der Waals surface area contributed by atoms with Gasteiger partial charge in [0, 0.05) is 51.5 Å². The lowest BCUT2D eigenvalue weighted by Gasteiger charge is -2.40. The molecule has 2 aliphatic carbocycles. The van der Waals surface area contributed by atoms with Crippen LogP contribution in [0.25, 0.3) is 0 Å². The van der Waals surface area contributed by atoms with E-state index in [-0.39, 0.29) is 80.2 Å². The lowest BCUT2D eigenvalue weighted by atomic mass is 9.78. The normalized spacial score (nSPS) is 22.5. The maximum Gasteiger partial charge on any atom is 0.425 e. The smallest absolute Gasteiger partial charge is 0.360 e. The van der Waals surface area contributed by atoms with Gasteiger partial charge in [0.15, 0.2) is 9.84 Å².